The predicted octanol–water partition coefficient (Wildman–Crippen LogP) is 0.662. The van der Waals surface area contributed by atoms with E-state index in [4.69, 9.17) is 0 Å². The van der Waals surface area contributed by atoms with Gasteiger partial charge in [0.15, 0.2) is 0 Å². The van der Waals surface area contributed by atoms with Gasteiger partial charge in [0.2, 0.25) is 26.0 Å². The third kappa shape index (κ3) is 5.89. The molecule has 0 spiro atoms. The second-order valence-corrected chi connectivity index (χ2v) is 11.6. The molecule has 0 saturated carbocycles. The highest BCUT2D eigenvalue weighted by atomic mass is 32.2. The molecule has 2 amide bonds. The molecule has 168 valence electrons. The Balaban J connectivity index is 1.46. The summed E-state index contributed by atoms with van der Waals surface area (Å²) < 4.78 is 52.8. The maximum Gasteiger partial charge on any atom is 0.269 e. The smallest absolute Gasteiger partial charge is 0.269 e. The highest BCUT2D eigenvalue weighted by molar-refractivity contribution is 7.91. The number of nitrogens with zero attached hydrogens (tertiary/aromatic N) is 1. The van der Waals surface area contributed by atoms with Crippen LogP contribution in [0, 0.1) is 0 Å². The summed E-state index contributed by atoms with van der Waals surface area (Å²) in [6, 6.07) is 8.48. The van der Waals surface area contributed by atoms with E-state index in [1.54, 1.807) is 11.4 Å². The number of benzene rings is 1. The second kappa shape index (κ2) is 9.87. The summed E-state index contributed by atoms with van der Waals surface area (Å²) in [7, 11) is -7.23. The van der Waals surface area contributed by atoms with Crippen LogP contribution in [0.2, 0.25) is 0 Å². The second-order valence-electron chi connectivity index (χ2n) is 6.72. The van der Waals surface area contributed by atoms with Crippen LogP contribution >= 0.6 is 11.3 Å². The lowest BCUT2D eigenvalue weighted by atomic mass is 10.2. The molecule has 1 aromatic carbocycles. The van der Waals surface area contributed by atoms with Crippen LogP contribution in [0.3, 0.4) is 0 Å². The average molecular weight is 487 g/mol. The molecule has 31 heavy (non-hydrogen) atoms. The number of thiophene rings is 1. The molecule has 0 aliphatic carbocycles. The van der Waals surface area contributed by atoms with E-state index >= 15 is 0 Å². The van der Waals surface area contributed by atoms with Gasteiger partial charge in [0.1, 0.15) is 4.21 Å². The first-order chi connectivity index (χ1) is 14.7. The van der Waals surface area contributed by atoms with Crippen LogP contribution < -0.4 is 15.6 Å². The van der Waals surface area contributed by atoms with E-state index in [1.165, 1.54) is 34.6 Å². The van der Waals surface area contributed by atoms with Crippen LogP contribution in [-0.2, 0) is 24.8 Å². The summed E-state index contributed by atoms with van der Waals surface area (Å²) >= 11 is 1.06. The van der Waals surface area contributed by atoms with Crippen LogP contribution in [0.1, 0.15) is 29.6 Å². The van der Waals surface area contributed by atoms with Crippen molar-refractivity contribution in [3.05, 3.63) is 47.3 Å². The van der Waals surface area contributed by atoms with Crippen molar-refractivity contribution in [3.8, 4) is 0 Å². The zero-order valence-electron chi connectivity index (χ0n) is 16.4. The SMILES string of the molecule is O=C(CCNS(=O)(=O)c1cccs1)NNC(=O)c1ccc(S(=O)(=O)N2CCCC2)cc1. The van der Waals surface area contributed by atoms with Crippen LogP contribution in [-0.4, -0.2) is 52.6 Å². The van der Waals surface area contributed by atoms with E-state index in [0.29, 0.717) is 13.1 Å². The van der Waals surface area contributed by atoms with Crippen molar-refractivity contribution in [1.29, 1.82) is 0 Å². The highest BCUT2D eigenvalue weighted by Gasteiger charge is 2.27. The van der Waals surface area contributed by atoms with Crippen LogP contribution in [0.4, 0.5) is 0 Å². The molecule has 0 radical (unpaired) electrons. The number of carbonyl (C=O) groups excluding carboxylic acids is 2. The Morgan fingerprint density at radius 1 is 0.968 bits per heavy atom. The van der Waals surface area contributed by atoms with Gasteiger partial charge in [-0.2, -0.15) is 4.31 Å². The van der Waals surface area contributed by atoms with E-state index < -0.39 is 31.9 Å². The minimum absolute atomic E-state index is 0.105. The molecule has 1 aliphatic rings. The van der Waals surface area contributed by atoms with E-state index in [1.807, 2.05) is 0 Å². The molecule has 2 heterocycles. The predicted molar refractivity (Wildman–Crippen MR) is 114 cm³/mol. The summed E-state index contributed by atoms with van der Waals surface area (Å²) in [5.74, 6) is -1.21. The number of hydrazine groups is 1. The summed E-state index contributed by atoms with van der Waals surface area (Å²) in [5, 5.41) is 1.63. The first-order valence-corrected chi connectivity index (χ1v) is 13.2. The zero-order valence-corrected chi connectivity index (χ0v) is 18.9. The number of nitrogens with one attached hydrogen (secondary N) is 3. The minimum atomic E-state index is -3.66. The minimum Gasteiger partial charge on any atom is -0.273 e. The van der Waals surface area contributed by atoms with E-state index in [2.05, 4.69) is 15.6 Å². The first kappa shape index (κ1) is 23.3. The lowest BCUT2D eigenvalue weighted by molar-refractivity contribution is -0.121. The number of amides is 2. The quantitative estimate of drug-likeness (QED) is 0.468. The van der Waals surface area contributed by atoms with Gasteiger partial charge in [0.25, 0.3) is 5.91 Å². The van der Waals surface area contributed by atoms with Crippen molar-refractivity contribution < 1.29 is 26.4 Å². The topological polar surface area (TPSA) is 142 Å². The largest absolute Gasteiger partial charge is 0.273 e. The Bertz CT molecular complexity index is 1120. The summed E-state index contributed by atoms with van der Waals surface area (Å²) in [5.41, 5.74) is 4.57. The van der Waals surface area contributed by atoms with Gasteiger partial charge in [-0.25, -0.2) is 21.6 Å². The molecule has 1 aromatic heterocycles. The zero-order chi connectivity index (χ0) is 22.5. The maximum absolute atomic E-state index is 12.5. The molecule has 10 nitrogen and oxygen atoms in total. The Morgan fingerprint density at radius 2 is 1.65 bits per heavy atom. The summed E-state index contributed by atoms with van der Waals surface area (Å²) in [4.78, 5) is 24.1. The molecular weight excluding hydrogens is 464 g/mol. The fourth-order valence-electron chi connectivity index (χ4n) is 2.90. The van der Waals surface area contributed by atoms with Crippen LogP contribution in [0.25, 0.3) is 0 Å². The Labute approximate surface area is 184 Å². The maximum atomic E-state index is 12.5. The standard InChI is InChI=1S/C18H22N4O6S3/c23-16(9-10-19-30(25,26)17-4-3-13-29-17)20-21-18(24)14-5-7-15(8-6-14)31(27,28)22-11-1-2-12-22/h3-8,13,19H,1-2,9-12H2,(H,20,23)(H,21,24). The molecule has 1 aliphatic heterocycles. The molecule has 0 atom stereocenters. The van der Waals surface area contributed by atoms with Crippen molar-refractivity contribution >= 4 is 43.2 Å². The van der Waals surface area contributed by atoms with Crippen molar-refractivity contribution in [2.75, 3.05) is 19.6 Å². The highest BCUT2D eigenvalue weighted by Crippen LogP contribution is 2.21. The molecular formula is C18H22N4O6S3. The number of hydrogen-bond donors (Lipinski definition) is 3. The van der Waals surface area contributed by atoms with Gasteiger partial charge in [0, 0.05) is 31.6 Å². The van der Waals surface area contributed by atoms with E-state index in [0.717, 1.165) is 24.2 Å². The Kier molecular flexibility index (Phi) is 7.43. The van der Waals surface area contributed by atoms with Gasteiger partial charge in [0.05, 0.1) is 4.90 Å². The first-order valence-electron chi connectivity index (χ1n) is 9.43. The lowest BCUT2D eigenvalue weighted by Crippen LogP contribution is -2.42. The summed E-state index contributed by atoms with van der Waals surface area (Å²) in [6.45, 7) is 0.838. The Morgan fingerprint density at radius 3 is 2.26 bits per heavy atom. The number of sulfonamides is 2. The molecule has 1 saturated heterocycles. The number of hydrogen-bond acceptors (Lipinski definition) is 7. The van der Waals surface area contributed by atoms with Crippen LogP contribution in [0.15, 0.2) is 50.9 Å². The fourth-order valence-corrected chi connectivity index (χ4v) is 6.49. The van der Waals surface area contributed by atoms with Crippen molar-refractivity contribution in [1.82, 2.24) is 19.9 Å². The average Bonchev–Trinajstić information content (AvgIpc) is 3.46. The van der Waals surface area contributed by atoms with E-state index in [9.17, 15) is 26.4 Å². The monoisotopic (exact) mass is 486 g/mol. The van der Waals surface area contributed by atoms with Crippen LogP contribution in [0.5, 0.6) is 0 Å². The van der Waals surface area contributed by atoms with Gasteiger partial charge in [-0.3, -0.25) is 20.4 Å². The van der Waals surface area contributed by atoms with Crippen molar-refractivity contribution in [3.63, 3.8) is 0 Å². The van der Waals surface area contributed by atoms with Gasteiger partial charge in [-0.15, -0.1) is 11.3 Å². The number of carbonyl (C=O) groups is 2. The molecule has 0 unspecified atom stereocenters. The molecule has 0 bridgehead atoms. The third-order valence-electron chi connectivity index (χ3n) is 4.54. The van der Waals surface area contributed by atoms with Gasteiger partial charge < -0.3 is 0 Å². The van der Waals surface area contributed by atoms with Gasteiger partial charge >= 0.3 is 0 Å². The third-order valence-corrected chi connectivity index (χ3v) is 9.31. The normalized spacial score (nSPS) is 15.0. The lowest BCUT2D eigenvalue weighted by Gasteiger charge is -2.15. The number of rotatable bonds is 8. The molecule has 3 rings (SSSR count). The van der Waals surface area contributed by atoms with Gasteiger partial charge in [-0.05, 0) is 48.6 Å². The summed E-state index contributed by atoms with van der Waals surface area (Å²) in [6.07, 6.45) is 1.47. The molecule has 2 aromatic rings. The molecule has 13 heteroatoms. The van der Waals surface area contributed by atoms with E-state index in [-0.39, 0.29) is 27.6 Å². The molecule has 3 N–H and O–H groups in total. The fraction of sp³-hybridized carbons (Fsp3) is 0.333. The van der Waals surface area contributed by atoms with Crippen molar-refractivity contribution in [2.24, 2.45) is 0 Å². The molecule has 1 fully saturated rings. The van der Waals surface area contributed by atoms with Crippen molar-refractivity contribution in [2.45, 2.75) is 28.4 Å². The Hall–Kier alpha value is -2.32. The van der Waals surface area contributed by atoms with Gasteiger partial charge in [-0.1, -0.05) is 6.07 Å².